The van der Waals surface area contributed by atoms with E-state index in [0.717, 1.165) is 50.6 Å². The van der Waals surface area contributed by atoms with Gasteiger partial charge in [0, 0.05) is 44.0 Å². The fraction of sp³-hybridized carbons (Fsp3) is 0.524. The van der Waals surface area contributed by atoms with Gasteiger partial charge in [-0.3, -0.25) is 0 Å². The molecule has 27 heavy (non-hydrogen) atoms. The zero-order valence-electron chi connectivity index (χ0n) is 15.9. The molecule has 0 radical (unpaired) electrons. The van der Waals surface area contributed by atoms with Crippen LogP contribution in [0.4, 0.5) is 5.82 Å². The van der Waals surface area contributed by atoms with Crippen LogP contribution in [-0.4, -0.2) is 53.5 Å². The molecule has 0 bridgehead atoms. The first-order valence-corrected chi connectivity index (χ1v) is 9.93. The zero-order valence-corrected chi connectivity index (χ0v) is 15.9. The second-order valence-electron chi connectivity index (χ2n) is 7.51. The summed E-state index contributed by atoms with van der Waals surface area (Å²) in [5.41, 5.74) is 1.59. The van der Waals surface area contributed by atoms with Crippen molar-refractivity contribution in [2.45, 2.75) is 44.8 Å². The molecule has 2 aromatic rings. The highest BCUT2D eigenvalue weighted by Gasteiger charge is 2.23. The molecule has 2 aliphatic heterocycles. The van der Waals surface area contributed by atoms with E-state index in [-0.39, 0.29) is 5.75 Å². The molecule has 1 atom stereocenters. The van der Waals surface area contributed by atoms with Crippen LogP contribution in [0.1, 0.15) is 31.4 Å². The molecule has 2 saturated heterocycles. The number of nitrogens with one attached hydrogen (secondary N) is 1. The molecule has 0 spiro atoms. The Balaban J connectivity index is 1.40. The monoisotopic (exact) mass is 368 g/mol. The van der Waals surface area contributed by atoms with Gasteiger partial charge in [-0.15, -0.1) is 0 Å². The summed E-state index contributed by atoms with van der Waals surface area (Å²) in [6.07, 6.45) is 4.97. The van der Waals surface area contributed by atoms with E-state index in [1.807, 2.05) is 31.2 Å². The summed E-state index contributed by atoms with van der Waals surface area (Å²) in [4.78, 5) is 11.6. The molecule has 1 aromatic heterocycles. The van der Waals surface area contributed by atoms with E-state index in [4.69, 9.17) is 9.72 Å². The van der Waals surface area contributed by atoms with Crippen molar-refractivity contribution in [3.8, 4) is 17.1 Å². The van der Waals surface area contributed by atoms with Gasteiger partial charge in [0.1, 0.15) is 11.6 Å². The van der Waals surface area contributed by atoms with Gasteiger partial charge in [-0.05, 0) is 44.7 Å². The lowest BCUT2D eigenvalue weighted by Crippen LogP contribution is -2.44. The fourth-order valence-corrected chi connectivity index (χ4v) is 3.91. The first kappa shape index (κ1) is 18.2. The second kappa shape index (κ2) is 8.23. The van der Waals surface area contributed by atoms with Crippen LogP contribution >= 0.6 is 0 Å². The first-order chi connectivity index (χ1) is 13.2. The Kier molecular flexibility index (Phi) is 5.55. The number of ether oxygens (including phenoxy) is 1. The number of hydrogen-bond acceptors (Lipinski definition) is 6. The molecule has 0 unspecified atom stereocenters. The Morgan fingerprint density at radius 2 is 2.00 bits per heavy atom. The van der Waals surface area contributed by atoms with Crippen LogP contribution in [0.5, 0.6) is 5.75 Å². The maximum Gasteiger partial charge on any atom is 0.165 e. The number of aromatic nitrogens is 2. The van der Waals surface area contributed by atoms with Crippen molar-refractivity contribution in [2.75, 3.05) is 31.1 Å². The lowest BCUT2D eigenvalue weighted by molar-refractivity contribution is 0.106. The molecule has 0 saturated carbocycles. The van der Waals surface area contributed by atoms with Crippen molar-refractivity contribution in [2.24, 2.45) is 0 Å². The number of aryl methyl sites for hydroxylation is 1. The number of phenolic OH excluding ortho intramolecular Hbond substituents is 1. The topological polar surface area (TPSA) is 70.5 Å². The summed E-state index contributed by atoms with van der Waals surface area (Å²) in [7, 11) is 0. The van der Waals surface area contributed by atoms with E-state index in [0.29, 0.717) is 23.5 Å². The van der Waals surface area contributed by atoms with Gasteiger partial charge < -0.3 is 20.1 Å². The van der Waals surface area contributed by atoms with E-state index in [1.54, 1.807) is 6.07 Å². The van der Waals surface area contributed by atoms with E-state index in [9.17, 15) is 5.11 Å². The smallest absolute Gasteiger partial charge is 0.165 e. The van der Waals surface area contributed by atoms with Gasteiger partial charge in [-0.2, -0.15) is 0 Å². The van der Waals surface area contributed by atoms with Crippen LogP contribution in [0, 0.1) is 6.92 Å². The standard InChI is InChI=1S/C21H28N4O2/c1-15-13-20(24-21(23-15)18-6-2-3-7-19(18)26)25-10-8-16(9-11-25)22-14-17-5-4-12-27-17/h2-3,6-7,13,16-17,22,26H,4-5,8-12,14H2,1H3/t17-/m1/s1. The van der Waals surface area contributed by atoms with Crippen LogP contribution in [0.2, 0.25) is 0 Å². The lowest BCUT2D eigenvalue weighted by atomic mass is 10.0. The molecular formula is C21H28N4O2. The number of para-hydroxylation sites is 1. The SMILES string of the molecule is Cc1cc(N2CCC(NC[C@H]3CCCO3)CC2)nc(-c2ccccc2O)n1. The quantitative estimate of drug-likeness (QED) is 0.846. The molecule has 144 valence electrons. The highest BCUT2D eigenvalue weighted by atomic mass is 16.5. The van der Waals surface area contributed by atoms with Crippen LogP contribution in [0.25, 0.3) is 11.4 Å². The summed E-state index contributed by atoms with van der Waals surface area (Å²) >= 11 is 0. The molecule has 0 aliphatic carbocycles. The summed E-state index contributed by atoms with van der Waals surface area (Å²) in [5, 5.41) is 13.8. The van der Waals surface area contributed by atoms with Crippen molar-refractivity contribution >= 4 is 5.82 Å². The van der Waals surface area contributed by atoms with E-state index >= 15 is 0 Å². The summed E-state index contributed by atoms with van der Waals surface area (Å²) < 4.78 is 5.70. The third-order valence-corrected chi connectivity index (χ3v) is 5.46. The van der Waals surface area contributed by atoms with Crippen LogP contribution < -0.4 is 10.2 Å². The maximum absolute atomic E-state index is 10.1. The van der Waals surface area contributed by atoms with Crippen LogP contribution in [-0.2, 0) is 4.74 Å². The number of rotatable bonds is 5. The second-order valence-corrected chi connectivity index (χ2v) is 7.51. The molecule has 6 heteroatoms. The van der Waals surface area contributed by atoms with Gasteiger partial charge in [0.25, 0.3) is 0 Å². The zero-order chi connectivity index (χ0) is 18.6. The molecule has 0 amide bonds. The Bertz CT molecular complexity index is 769. The Hall–Kier alpha value is -2.18. The van der Waals surface area contributed by atoms with Crippen molar-refractivity contribution in [3.63, 3.8) is 0 Å². The highest BCUT2D eigenvalue weighted by Crippen LogP contribution is 2.28. The van der Waals surface area contributed by atoms with Crippen molar-refractivity contribution in [1.29, 1.82) is 0 Å². The third kappa shape index (κ3) is 4.39. The Labute approximate surface area is 160 Å². The molecule has 2 fully saturated rings. The van der Waals surface area contributed by atoms with Gasteiger partial charge >= 0.3 is 0 Å². The highest BCUT2D eigenvalue weighted by molar-refractivity contribution is 5.65. The molecule has 3 heterocycles. The van der Waals surface area contributed by atoms with Gasteiger partial charge in [-0.25, -0.2) is 9.97 Å². The first-order valence-electron chi connectivity index (χ1n) is 9.93. The summed E-state index contributed by atoms with van der Waals surface area (Å²) in [6, 6.07) is 9.81. The minimum atomic E-state index is 0.214. The van der Waals surface area contributed by atoms with Crippen LogP contribution in [0.3, 0.4) is 0 Å². The Morgan fingerprint density at radius 1 is 1.19 bits per heavy atom. The number of nitrogens with zero attached hydrogens (tertiary/aromatic N) is 3. The van der Waals surface area contributed by atoms with Gasteiger partial charge in [0.15, 0.2) is 5.82 Å². The number of aromatic hydroxyl groups is 1. The number of anilines is 1. The van der Waals surface area contributed by atoms with Crippen molar-refractivity contribution in [1.82, 2.24) is 15.3 Å². The average molecular weight is 368 g/mol. The molecule has 4 rings (SSSR count). The minimum absolute atomic E-state index is 0.214. The van der Waals surface area contributed by atoms with Crippen molar-refractivity contribution in [3.05, 3.63) is 36.0 Å². The molecule has 1 aromatic carbocycles. The van der Waals surface area contributed by atoms with Gasteiger partial charge in [0.2, 0.25) is 0 Å². The number of phenols is 1. The molecule has 2 N–H and O–H groups in total. The lowest BCUT2D eigenvalue weighted by Gasteiger charge is -2.34. The van der Waals surface area contributed by atoms with E-state index in [1.165, 1.54) is 12.8 Å². The Morgan fingerprint density at radius 3 is 2.74 bits per heavy atom. The predicted molar refractivity (Wildman–Crippen MR) is 106 cm³/mol. The minimum Gasteiger partial charge on any atom is -0.507 e. The van der Waals surface area contributed by atoms with Gasteiger partial charge in [-0.1, -0.05) is 12.1 Å². The fourth-order valence-electron chi connectivity index (χ4n) is 3.91. The molecule has 6 nitrogen and oxygen atoms in total. The molecular weight excluding hydrogens is 340 g/mol. The normalized spacial score (nSPS) is 20.9. The van der Waals surface area contributed by atoms with Crippen molar-refractivity contribution < 1.29 is 9.84 Å². The number of benzene rings is 1. The summed E-state index contributed by atoms with van der Waals surface area (Å²) in [6.45, 7) is 5.80. The summed E-state index contributed by atoms with van der Waals surface area (Å²) in [5.74, 6) is 1.74. The van der Waals surface area contributed by atoms with Gasteiger partial charge in [0.05, 0.1) is 11.7 Å². The van der Waals surface area contributed by atoms with Crippen LogP contribution in [0.15, 0.2) is 30.3 Å². The number of hydrogen-bond donors (Lipinski definition) is 2. The number of piperidine rings is 1. The molecule has 2 aliphatic rings. The largest absolute Gasteiger partial charge is 0.507 e. The maximum atomic E-state index is 10.1. The van der Waals surface area contributed by atoms with E-state index in [2.05, 4.69) is 15.2 Å². The third-order valence-electron chi connectivity index (χ3n) is 5.46. The van der Waals surface area contributed by atoms with E-state index < -0.39 is 0 Å². The average Bonchev–Trinajstić information content (AvgIpc) is 3.20. The predicted octanol–water partition coefficient (Wildman–Crippen LogP) is 2.90.